The summed E-state index contributed by atoms with van der Waals surface area (Å²) in [5, 5.41) is 8.78. The molecule has 6 heteroatoms. The molecule has 2 aromatic rings. The minimum absolute atomic E-state index is 0.0756. The summed E-state index contributed by atoms with van der Waals surface area (Å²) < 4.78 is 27.0. The molecule has 0 aliphatic heterocycles. The van der Waals surface area contributed by atoms with Crippen LogP contribution in [0.5, 0.6) is 0 Å². The van der Waals surface area contributed by atoms with Gasteiger partial charge in [0.2, 0.25) is 0 Å². The van der Waals surface area contributed by atoms with Crippen molar-refractivity contribution in [2.45, 2.75) is 11.8 Å². The van der Waals surface area contributed by atoms with Crippen LogP contribution in [-0.4, -0.2) is 25.1 Å². The largest absolute Gasteiger partial charge is 0.384 e. The molecule has 0 radical (unpaired) electrons. The van der Waals surface area contributed by atoms with Crippen LogP contribution in [0.3, 0.4) is 0 Å². The number of benzene rings is 1. The Morgan fingerprint density at radius 1 is 1.33 bits per heavy atom. The molecule has 1 aromatic carbocycles. The lowest BCUT2D eigenvalue weighted by Gasteiger charge is -2.10. The maximum Gasteiger partial charge on any atom is 0.263 e. The highest BCUT2D eigenvalue weighted by atomic mass is 32.2. The van der Waals surface area contributed by atoms with Crippen LogP contribution in [0.2, 0.25) is 0 Å². The second kappa shape index (κ2) is 6.39. The number of sulfonamides is 1. The Kier molecular flexibility index (Phi) is 4.58. The lowest BCUT2D eigenvalue weighted by atomic mass is 10.1. The number of nitrogens with one attached hydrogen (secondary N) is 1. The molecule has 0 bridgehead atoms. The molecule has 0 fully saturated rings. The first kappa shape index (κ1) is 15.0. The Labute approximate surface area is 123 Å². The number of nitrogens with zero attached hydrogens (tertiary/aromatic N) is 1. The van der Waals surface area contributed by atoms with Crippen molar-refractivity contribution < 1.29 is 13.5 Å². The number of rotatable bonds is 3. The van der Waals surface area contributed by atoms with Crippen molar-refractivity contribution in [1.29, 1.82) is 0 Å². The summed E-state index contributed by atoms with van der Waals surface area (Å²) in [4.78, 5) is 3.87. The van der Waals surface area contributed by atoms with Crippen molar-refractivity contribution in [1.82, 2.24) is 4.98 Å². The molecule has 5 nitrogen and oxygen atoms in total. The quantitative estimate of drug-likeness (QED) is 0.843. The lowest BCUT2D eigenvalue weighted by molar-refractivity contribution is 0.350. The number of hydrogen-bond donors (Lipinski definition) is 2. The van der Waals surface area contributed by atoms with Crippen molar-refractivity contribution in [2.24, 2.45) is 0 Å². The van der Waals surface area contributed by atoms with Crippen molar-refractivity contribution in [3.8, 4) is 11.8 Å². The van der Waals surface area contributed by atoms with E-state index in [-0.39, 0.29) is 11.5 Å². The van der Waals surface area contributed by atoms with Gasteiger partial charge in [-0.1, -0.05) is 17.9 Å². The minimum atomic E-state index is -3.72. The lowest BCUT2D eigenvalue weighted by Crippen LogP contribution is -2.14. The number of aliphatic hydroxyl groups excluding tert-OH is 1. The van der Waals surface area contributed by atoms with Crippen LogP contribution in [0.15, 0.2) is 47.6 Å². The Bertz CT molecular complexity index is 791. The standard InChI is InChI=1S/C15H14N2O3S/c1-12-6-7-15(13(10-12)4-3-9-18)17-21(19,20)14-5-2-8-16-11-14/h2,5-8,10-11,17-18H,9H2,1H3. The van der Waals surface area contributed by atoms with Crippen LogP contribution >= 0.6 is 0 Å². The zero-order valence-corrected chi connectivity index (χ0v) is 12.2. The van der Waals surface area contributed by atoms with E-state index < -0.39 is 10.0 Å². The van der Waals surface area contributed by atoms with E-state index in [1.54, 1.807) is 24.3 Å². The molecule has 0 spiro atoms. The van der Waals surface area contributed by atoms with Crippen molar-refractivity contribution in [3.63, 3.8) is 0 Å². The van der Waals surface area contributed by atoms with Gasteiger partial charge in [0.25, 0.3) is 10.0 Å². The van der Waals surface area contributed by atoms with Crippen LogP contribution in [0.4, 0.5) is 5.69 Å². The molecule has 1 aromatic heterocycles. The van der Waals surface area contributed by atoms with Crippen LogP contribution < -0.4 is 4.72 Å². The molecule has 108 valence electrons. The Morgan fingerprint density at radius 2 is 2.14 bits per heavy atom. The third-order valence-corrected chi connectivity index (χ3v) is 4.02. The first-order chi connectivity index (χ1) is 10.0. The van der Waals surface area contributed by atoms with E-state index in [9.17, 15) is 8.42 Å². The molecule has 0 aliphatic rings. The van der Waals surface area contributed by atoms with E-state index in [0.29, 0.717) is 11.3 Å². The normalized spacial score (nSPS) is 10.6. The first-order valence-corrected chi connectivity index (χ1v) is 7.64. The maximum absolute atomic E-state index is 12.3. The zero-order valence-electron chi connectivity index (χ0n) is 11.4. The summed E-state index contributed by atoms with van der Waals surface area (Å²) in [5.74, 6) is 5.25. The summed E-state index contributed by atoms with van der Waals surface area (Å²) in [5.41, 5.74) is 1.82. The highest BCUT2D eigenvalue weighted by molar-refractivity contribution is 7.92. The summed E-state index contributed by atoms with van der Waals surface area (Å²) >= 11 is 0. The van der Waals surface area contributed by atoms with E-state index >= 15 is 0 Å². The molecule has 1 heterocycles. The Morgan fingerprint density at radius 3 is 2.81 bits per heavy atom. The van der Waals surface area contributed by atoms with E-state index in [0.717, 1.165) is 5.56 Å². The monoisotopic (exact) mass is 302 g/mol. The number of anilines is 1. The molecule has 2 rings (SSSR count). The van der Waals surface area contributed by atoms with Gasteiger partial charge in [-0.3, -0.25) is 9.71 Å². The molecule has 0 aliphatic carbocycles. The predicted molar refractivity (Wildman–Crippen MR) is 80.2 cm³/mol. The zero-order chi connectivity index (χ0) is 15.3. The number of aryl methyl sites for hydroxylation is 1. The predicted octanol–water partition coefficient (Wildman–Crippen LogP) is 1.53. The van der Waals surface area contributed by atoms with Gasteiger partial charge in [-0.05, 0) is 36.8 Å². The number of hydrogen-bond acceptors (Lipinski definition) is 4. The smallest absolute Gasteiger partial charge is 0.263 e. The van der Waals surface area contributed by atoms with Crippen LogP contribution in [-0.2, 0) is 10.0 Å². The fourth-order valence-corrected chi connectivity index (χ4v) is 2.74. The molecule has 2 N–H and O–H groups in total. The first-order valence-electron chi connectivity index (χ1n) is 6.16. The highest BCUT2D eigenvalue weighted by Gasteiger charge is 2.15. The topological polar surface area (TPSA) is 79.3 Å². The minimum Gasteiger partial charge on any atom is -0.384 e. The van der Waals surface area contributed by atoms with Gasteiger partial charge in [0.1, 0.15) is 11.5 Å². The third kappa shape index (κ3) is 3.81. The average Bonchev–Trinajstić information content (AvgIpc) is 2.48. The Hall–Kier alpha value is -2.36. The highest BCUT2D eigenvalue weighted by Crippen LogP contribution is 2.20. The summed E-state index contributed by atoms with van der Waals surface area (Å²) in [6.45, 7) is 1.59. The molecule has 0 saturated carbocycles. The van der Waals surface area contributed by atoms with Crippen molar-refractivity contribution in [3.05, 3.63) is 53.9 Å². The van der Waals surface area contributed by atoms with Gasteiger partial charge in [-0.25, -0.2) is 8.42 Å². The van der Waals surface area contributed by atoms with Crippen molar-refractivity contribution in [2.75, 3.05) is 11.3 Å². The summed E-state index contributed by atoms with van der Waals surface area (Å²) in [6.07, 6.45) is 2.78. The van der Waals surface area contributed by atoms with Crippen LogP contribution in [0.1, 0.15) is 11.1 Å². The summed E-state index contributed by atoms with van der Waals surface area (Å²) in [6, 6.07) is 8.19. The average molecular weight is 302 g/mol. The second-order valence-corrected chi connectivity index (χ2v) is 5.99. The van der Waals surface area contributed by atoms with Gasteiger partial charge in [0.15, 0.2) is 0 Å². The van der Waals surface area contributed by atoms with Crippen LogP contribution in [0.25, 0.3) is 0 Å². The molecular formula is C15H14N2O3S. The molecule has 21 heavy (non-hydrogen) atoms. The van der Waals surface area contributed by atoms with Gasteiger partial charge >= 0.3 is 0 Å². The fraction of sp³-hybridized carbons (Fsp3) is 0.133. The third-order valence-electron chi connectivity index (χ3n) is 2.67. The van der Waals surface area contributed by atoms with Crippen molar-refractivity contribution >= 4 is 15.7 Å². The van der Waals surface area contributed by atoms with Crippen LogP contribution in [0, 0.1) is 18.8 Å². The molecule has 0 saturated heterocycles. The van der Waals surface area contributed by atoms with E-state index in [1.807, 2.05) is 6.92 Å². The molecule has 0 unspecified atom stereocenters. The SMILES string of the molecule is Cc1ccc(NS(=O)(=O)c2cccnc2)c(C#CCO)c1. The summed E-state index contributed by atoms with van der Waals surface area (Å²) in [7, 11) is -3.72. The molecular weight excluding hydrogens is 288 g/mol. The number of pyridine rings is 1. The van der Waals surface area contributed by atoms with E-state index in [1.165, 1.54) is 18.5 Å². The maximum atomic E-state index is 12.3. The van der Waals surface area contributed by atoms with E-state index in [2.05, 4.69) is 21.5 Å². The van der Waals surface area contributed by atoms with Gasteiger partial charge in [-0.15, -0.1) is 0 Å². The Balaban J connectivity index is 2.40. The van der Waals surface area contributed by atoms with E-state index in [4.69, 9.17) is 5.11 Å². The fourth-order valence-electron chi connectivity index (χ4n) is 1.70. The van der Waals surface area contributed by atoms with Gasteiger partial charge in [0.05, 0.1) is 5.69 Å². The second-order valence-electron chi connectivity index (χ2n) is 4.30. The molecule has 0 amide bonds. The number of aliphatic hydroxyl groups is 1. The van der Waals surface area contributed by atoms with Gasteiger partial charge in [0, 0.05) is 18.0 Å². The number of aromatic nitrogens is 1. The van der Waals surface area contributed by atoms with Gasteiger partial charge < -0.3 is 5.11 Å². The molecule has 0 atom stereocenters. The van der Waals surface area contributed by atoms with Gasteiger partial charge in [-0.2, -0.15) is 0 Å².